The number of rotatable bonds is 6. The summed E-state index contributed by atoms with van der Waals surface area (Å²) in [6.45, 7) is -0.286. The summed E-state index contributed by atoms with van der Waals surface area (Å²) in [4.78, 5) is 0. The molecule has 0 bridgehead atoms. The van der Waals surface area contributed by atoms with Gasteiger partial charge in [-0.15, -0.1) is 0 Å². The summed E-state index contributed by atoms with van der Waals surface area (Å²) in [5.41, 5.74) is 5.06. The second kappa shape index (κ2) is 7.13. The number of halogens is 6. The van der Waals surface area contributed by atoms with E-state index in [1.807, 2.05) is 0 Å². The highest BCUT2D eigenvalue weighted by molar-refractivity contribution is 5.27. The molecule has 0 aromatic heterocycles. The molecule has 8 heteroatoms. The molecule has 1 aromatic rings. The van der Waals surface area contributed by atoms with Gasteiger partial charge in [-0.1, -0.05) is 12.1 Å². The van der Waals surface area contributed by atoms with Crippen LogP contribution in [0.25, 0.3) is 0 Å². The molecule has 21 heavy (non-hydrogen) atoms. The van der Waals surface area contributed by atoms with Crippen LogP contribution in [0.2, 0.25) is 0 Å². The van der Waals surface area contributed by atoms with Crippen LogP contribution < -0.4 is 5.73 Å². The van der Waals surface area contributed by atoms with Crippen molar-refractivity contribution in [1.29, 1.82) is 0 Å². The minimum Gasteiger partial charge on any atom is -0.379 e. The molecular formula is C13H15F6NO. The predicted molar refractivity (Wildman–Crippen MR) is 64.5 cm³/mol. The molecule has 2 N–H and O–H groups in total. The smallest absolute Gasteiger partial charge is 0.379 e. The fraction of sp³-hybridized carbons (Fsp3) is 0.538. The van der Waals surface area contributed by atoms with Crippen molar-refractivity contribution in [3.05, 3.63) is 35.4 Å². The topological polar surface area (TPSA) is 35.2 Å². The lowest BCUT2D eigenvalue weighted by atomic mass is 10.0. The largest absolute Gasteiger partial charge is 0.416 e. The number of hydrogen-bond acceptors (Lipinski definition) is 2. The average Bonchev–Trinajstić information content (AvgIpc) is 2.36. The summed E-state index contributed by atoms with van der Waals surface area (Å²) in [6.07, 6.45) is -9.89. The van der Waals surface area contributed by atoms with Gasteiger partial charge in [0.15, 0.2) is 0 Å². The lowest BCUT2D eigenvalue weighted by Crippen LogP contribution is -2.19. The number of nitrogens with two attached hydrogens (primary N) is 1. The highest BCUT2D eigenvalue weighted by Gasteiger charge is 2.30. The molecule has 120 valence electrons. The first-order valence-electron chi connectivity index (χ1n) is 6.17. The fourth-order valence-corrected chi connectivity index (χ4v) is 1.63. The number of hydrogen-bond donors (Lipinski definition) is 1. The molecule has 0 aliphatic heterocycles. The zero-order valence-corrected chi connectivity index (χ0v) is 11.0. The fourth-order valence-electron chi connectivity index (χ4n) is 1.63. The molecule has 1 atom stereocenters. The maximum absolute atomic E-state index is 12.5. The van der Waals surface area contributed by atoms with E-state index < -0.39 is 30.4 Å². The van der Waals surface area contributed by atoms with Gasteiger partial charge in [-0.05, 0) is 24.1 Å². The molecular weight excluding hydrogens is 300 g/mol. The van der Waals surface area contributed by atoms with E-state index >= 15 is 0 Å². The summed E-state index contributed by atoms with van der Waals surface area (Å²) >= 11 is 0. The number of benzene rings is 1. The molecule has 1 rings (SSSR count). The Morgan fingerprint density at radius 1 is 1.10 bits per heavy atom. The molecule has 0 aliphatic rings. The lowest BCUT2D eigenvalue weighted by molar-refractivity contribution is -0.138. The molecule has 0 saturated heterocycles. The summed E-state index contributed by atoms with van der Waals surface area (Å²) in [5, 5.41) is 0. The SMILES string of the molecule is NC(COCCCC(F)(F)F)c1cccc(C(F)(F)F)c1. The molecule has 0 fully saturated rings. The van der Waals surface area contributed by atoms with Gasteiger partial charge < -0.3 is 10.5 Å². The van der Waals surface area contributed by atoms with Crippen molar-refractivity contribution in [2.45, 2.75) is 31.2 Å². The van der Waals surface area contributed by atoms with Crippen molar-refractivity contribution < 1.29 is 31.1 Å². The van der Waals surface area contributed by atoms with Crippen LogP contribution in [0.3, 0.4) is 0 Å². The van der Waals surface area contributed by atoms with Crippen molar-refractivity contribution in [1.82, 2.24) is 0 Å². The molecule has 0 heterocycles. The van der Waals surface area contributed by atoms with Crippen molar-refractivity contribution in [2.24, 2.45) is 5.73 Å². The van der Waals surface area contributed by atoms with Crippen LogP contribution in [-0.4, -0.2) is 19.4 Å². The van der Waals surface area contributed by atoms with Gasteiger partial charge in [-0.2, -0.15) is 26.3 Å². The first kappa shape index (κ1) is 17.8. The van der Waals surface area contributed by atoms with Gasteiger partial charge in [0, 0.05) is 13.0 Å². The van der Waals surface area contributed by atoms with E-state index in [0.717, 1.165) is 12.1 Å². The van der Waals surface area contributed by atoms with E-state index in [4.69, 9.17) is 10.5 Å². The van der Waals surface area contributed by atoms with E-state index in [9.17, 15) is 26.3 Å². The zero-order chi connectivity index (χ0) is 16.1. The van der Waals surface area contributed by atoms with Gasteiger partial charge in [-0.25, -0.2) is 0 Å². The first-order chi connectivity index (χ1) is 9.59. The standard InChI is InChI=1S/C13H15F6NO/c14-12(15,16)5-2-6-21-8-11(20)9-3-1-4-10(7-9)13(17,18)19/h1,3-4,7,11H,2,5-6,8,20H2. The first-order valence-corrected chi connectivity index (χ1v) is 6.17. The molecule has 0 radical (unpaired) electrons. The summed E-state index contributed by atoms with van der Waals surface area (Å²) in [5.74, 6) is 0. The van der Waals surface area contributed by atoms with Gasteiger partial charge in [0.2, 0.25) is 0 Å². The van der Waals surface area contributed by atoms with E-state index in [0.29, 0.717) is 0 Å². The van der Waals surface area contributed by atoms with Crippen LogP contribution in [0.4, 0.5) is 26.3 Å². The van der Waals surface area contributed by atoms with Gasteiger partial charge in [0.05, 0.1) is 18.2 Å². The van der Waals surface area contributed by atoms with Crippen LogP contribution in [-0.2, 0) is 10.9 Å². The third kappa shape index (κ3) is 6.81. The van der Waals surface area contributed by atoms with Crippen molar-refractivity contribution in [3.63, 3.8) is 0 Å². The van der Waals surface area contributed by atoms with Gasteiger partial charge in [-0.3, -0.25) is 0 Å². The molecule has 2 nitrogen and oxygen atoms in total. The Balaban J connectivity index is 2.44. The summed E-state index contributed by atoms with van der Waals surface area (Å²) in [7, 11) is 0. The van der Waals surface area contributed by atoms with Gasteiger partial charge >= 0.3 is 12.4 Å². The van der Waals surface area contributed by atoms with E-state index in [1.165, 1.54) is 12.1 Å². The summed E-state index contributed by atoms with van der Waals surface area (Å²) in [6, 6.07) is 3.64. The number of ether oxygens (including phenoxy) is 1. The van der Waals surface area contributed by atoms with Crippen LogP contribution >= 0.6 is 0 Å². The van der Waals surface area contributed by atoms with Crippen molar-refractivity contribution in [2.75, 3.05) is 13.2 Å². The van der Waals surface area contributed by atoms with Gasteiger partial charge in [0.1, 0.15) is 0 Å². The highest BCUT2D eigenvalue weighted by atomic mass is 19.4. The Hall–Kier alpha value is -1.28. The average molecular weight is 315 g/mol. The van der Waals surface area contributed by atoms with Crippen LogP contribution in [0.5, 0.6) is 0 Å². The molecule has 0 aliphatic carbocycles. The van der Waals surface area contributed by atoms with Crippen LogP contribution in [0, 0.1) is 0 Å². The maximum Gasteiger partial charge on any atom is 0.416 e. The van der Waals surface area contributed by atoms with E-state index in [1.54, 1.807) is 0 Å². The molecule has 0 saturated carbocycles. The summed E-state index contributed by atoms with van der Waals surface area (Å²) < 4.78 is 78.1. The normalized spacial score (nSPS) is 14.2. The third-order valence-electron chi connectivity index (χ3n) is 2.69. The maximum atomic E-state index is 12.5. The minimum atomic E-state index is -4.47. The lowest BCUT2D eigenvalue weighted by Gasteiger charge is -2.15. The zero-order valence-electron chi connectivity index (χ0n) is 11.0. The Morgan fingerprint density at radius 3 is 2.33 bits per heavy atom. The van der Waals surface area contributed by atoms with E-state index in [2.05, 4.69) is 0 Å². The Labute approximate surface area is 117 Å². The second-order valence-corrected chi connectivity index (χ2v) is 4.52. The second-order valence-electron chi connectivity index (χ2n) is 4.52. The van der Waals surface area contributed by atoms with Crippen molar-refractivity contribution in [3.8, 4) is 0 Å². The molecule has 1 aromatic carbocycles. The predicted octanol–water partition coefficient (Wildman–Crippen LogP) is 4.06. The monoisotopic (exact) mass is 315 g/mol. The molecule has 0 spiro atoms. The quantitative estimate of drug-likeness (QED) is 0.634. The highest BCUT2D eigenvalue weighted by Crippen LogP contribution is 2.30. The Morgan fingerprint density at radius 2 is 1.76 bits per heavy atom. The Bertz CT molecular complexity index is 443. The van der Waals surface area contributed by atoms with Gasteiger partial charge in [0.25, 0.3) is 0 Å². The molecule has 0 amide bonds. The number of alkyl halides is 6. The van der Waals surface area contributed by atoms with Crippen LogP contribution in [0.1, 0.15) is 30.0 Å². The Kier molecular flexibility index (Phi) is 6.03. The molecule has 1 unspecified atom stereocenters. The third-order valence-corrected chi connectivity index (χ3v) is 2.69. The minimum absolute atomic E-state index is 0.140. The van der Waals surface area contributed by atoms with Crippen LogP contribution in [0.15, 0.2) is 24.3 Å². The van der Waals surface area contributed by atoms with Crippen molar-refractivity contribution >= 4 is 0 Å². The van der Waals surface area contributed by atoms with E-state index in [-0.39, 0.29) is 25.2 Å².